The first-order valence-corrected chi connectivity index (χ1v) is 5.59. The SMILES string of the molecule is CSCCC(=O)N[C@H](CC(=O)O)C(=O)O. The molecule has 3 N–H and O–H groups in total. The maximum absolute atomic E-state index is 11.1. The van der Waals surface area contributed by atoms with E-state index in [1.165, 1.54) is 11.8 Å². The van der Waals surface area contributed by atoms with E-state index in [4.69, 9.17) is 10.2 Å². The number of hydrogen-bond acceptors (Lipinski definition) is 4. The van der Waals surface area contributed by atoms with Gasteiger partial charge in [0.25, 0.3) is 0 Å². The fraction of sp³-hybridized carbons (Fsp3) is 0.625. The van der Waals surface area contributed by atoms with Gasteiger partial charge in [0.1, 0.15) is 6.04 Å². The molecule has 0 saturated heterocycles. The number of nitrogens with one attached hydrogen (secondary N) is 1. The molecule has 0 bridgehead atoms. The molecule has 0 aliphatic heterocycles. The maximum Gasteiger partial charge on any atom is 0.326 e. The predicted molar refractivity (Wildman–Crippen MR) is 54.8 cm³/mol. The molecule has 0 aromatic carbocycles. The number of carbonyl (C=O) groups excluding carboxylic acids is 1. The average Bonchev–Trinajstić information content (AvgIpc) is 2.12. The predicted octanol–water partition coefficient (Wildman–Crippen LogP) is -0.216. The first kappa shape index (κ1) is 13.8. The van der Waals surface area contributed by atoms with Crippen molar-refractivity contribution in [3.05, 3.63) is 0 Å². The summed E-state index contributed by atoms with van der Waals surface area (Å²) in [4.78, 5) is 32.0. The van der Waals surface area contributed by atoms with Gasteiger partial charge in [0.05, 0.1) is 6.42 Å². The Kier molecular flexibility index (Phi) is 6.52. The molecule has 1 atom stereocenters. The minimum atomic E-state index is -1.35. The summed E-state index contributed by atoms with van der Waals surface area (Å²) in [6.45, 7) is 0. The third kappa shape index (κ3) is 6.78. The van der Waals surface area contributed by atoms with E-state index >= 15 is 0 Å². The lowest BCUT2D eigenvalue weighted by atomic mass is 10.2. The summed E-state index contributed by atoms with van der Waals surface area (Å²) in [6.07, 6.45) is 1.39. The molecule has 0 rings (SSSR count). The van der Waals surface area contributed by atoms with Crippen molar-refractivity contribution >= 4 is 29.6 Å². The Balaban J connectivity index is 4.10. The molecule has 6 nitrogen and oxygen atoms in total. The van der Waals surface area contributed by atoms with Gasteiger partial charge in [-0.05, 0) is 6.26 Å². The summed E-state index contributed by atoms with van der Waals surface area (Å²) < 4.78 is 0. The Labute approximate surface area is 91.0 Å². The van der Waals surface area contributed by atoms with E-state index < -0.39 is 30.3 Å². The van der Waals surface area contributed by atoms with E-state index in [-0.39, 0.29) is 6.42 Å². The summed E-state index contributed by atoms with van der Waals surface area (Å²) in [5, 5.41) is 19.2. The smallest absolute Gasteiger partial charge is 0.326 e. The molecule has 0 aliphatic rings. The maximum atomic E-state index is 11.1. The topological polar surface area (TPSA) is 104 Å². The zero-order chi connectivity index (χ0) is 11.8. The van der Waals surface area contributed by atoms with Gasteiger partial charge in [-0.15, -0.1) is 0 Å². The van der Waals surface area contributed by atoms with Gasteiger partial charge < -0.3 is 15.5 Å². The summed E-state index contributed by atoms with van der Waals surface area (Å²) >= 11 is 1.45. The molecule has 0 aromatic rings. The lowest BCUT2D eigenvalue weighted by Gasteiger charge is -2.11. The normalized spacial score (nSPS) is 11.8. The van der Waals surface area contributed by atoms with E-state index in [1.54, 1.807) is 0 Å². The van der Waals surface area contributed by atoms with Crippen molar-refractivity contribution in [1.29, 1.82) is 0 Å². The first-order valence-electron chi connectivity index (χ1n) is 4.20. The molecule has 1 amide bonds. The molecule has 86 valence electrons. The van der Waals surface area contributed by atoms with Gasteiger partial charge in [0, 0.05) is 12.2 Å². The molecule has 15 heavy (non-hydrogen) atoms. The van der Waals surface area contributed by atoms with Crippen LogP contribution in [0.5, 0.6) is 0 Å². The van der Waals surface area contributed by atoms with Gasteiger partial charge in [0.15, 0.2) is 0 Å². The fourth-order valence-electron chi connectivity index (χ4n) is 0.836. The van der Waals surface area contributed by atoms with Gasteiger partial charge in [0.2, 0.25) is 5.91 Å². The molecule has 7 heteroatoms. The fourth-order valence-corrected chi connectivity index (χ4v) is 1.23. The first-order chi connectivity index (χ1) is 6.97. The van der Waals surface area contributed by atoms with Gasteiger partial charge in [-0.1, -0.05) is 0 Å². The van der Waals surface area contributed by atoms with Crippen molar-refractivity contribution in [3.63, 3.8) is 0 Å². The minimum absolute atomic E-state index is 0.185. The molecule has 0 aliphatic carbocycles. The van der Waals surface area contributed by atoms with Crippen molar-refractivity contribution in [2.75, 3.05) is 12.0 Å². The van der Waals surface area contributed by atoms with Gasteiger partial charge in [-0.3, -0.25) is 9.59 Å². The van der Waals surface area contributed by atoms with Crippen LogP contribution in [-0.4, -0.2) is 46.1 Å². The number of rotatable bonds is 7. The van der Waals surface area contributed by atoms with Crippen LogP contribution in [0, 0.1) is 0 Å². The Bertz CT molecular complexity index is 255. The molecule has 0 heterocycles. The van der Waals surface area contributed by atoms with Crippen LogP contribution in [0.3, 0.4) is 0 Å². The van der Waals surface area contributed by atoms with Crippen molar-refractivity contribution in [1.82, 2.24) is 5.32 Å². The molecule has 0 spiro atoms. The van der Waals surface area contributed by atoms with Crippen molar-refractivity contribution in [3.8, 4) is 0 Å². The van der Waals surface area contributed by atoms with E-state index in [2.05, 4.69) is 5.32 Å². The van der Waals surface area contributed by atoms with Crippen LogP contribution in [0.2, 0.25) is 0 Å². The number of carboxylic acid groups (broad SMARTS) is 2. The molecule has 0 saturated carbocycles. The van der Waals surface area contributed by atoms with E-state index in [0.29, 0.717) is 5.75 Å². The van der Waals surface area contributed by atoms with Gasteiger partial charge in [-0.2, -0.15) is 11.8 Å². The van der Waals surface area contributed by atoms with Crippen LogP contribution < -0.4 is 5.32 Å². The molecule has 0 radical (unpaired) electrons. The highest BCUT2D eigenvalue weighted by Crippen LogP contribution is 1.98. The molecule has 0 aromatic heterocycles. The van der Waals surface area contributed by atoms with E-state index in [0.717, 1.165) is 0 Å². The van der Waals surface area contributed by atoms with E-state index in [1.807, 2.05) is 6.26 Å². The van der Waals surface area contributed by atoms with Crippen LogP contribution in [0.25, 0.3) is 0 Å². The van der Waals surface area contributed by atoms with Crippen LogP contribution in [-0.2, 0) is 14.4 Å². The highest BCUT2D eigenvalue weighted by Gasteiger charge is 2.22. The van der Waals surface area contributed by atoms with Crippen LogP contribution in [0.1, 0.15) is 12.8 Å². The highest BCUT2D eigenvalue weighted by molar-refractivity contribution is 7.98. The Morgan fingerprint density at radius 2 is 1.93 bits per heavy atom. The van der Waals surface area contributed by atoms with Crippen molar-refractivity contribution in [2.45, 2.75) is 18.9 Å². The van der Waals surface area contributed by atoms with Gasteiger partial charge in [-0.25, -0.2) is 4.79 Å². The number of carbonyl (C=O) groups is 3. The van der Waals surface area contributed by atoms with Crippen LogP contribution in [0.4, 0.5) is 0 Å². The summed E-state index contributed by atoms with van der Waals surface area (Å²) in [5.41, 5.74) is 0. The van der Waals surface area contributed by atoms with Crippen molar-refractivity contribution in [2.24, 2.45) is 0 Å². The third-order valence-electron chi connectivity index (χ3n) is 1.55. The summed E-state index contributed by atoms with van der Waals surface area (Å²) in [5.74, 6) is -2.47. The largest absolute Gasteiger partial charge is 0.481 e. The molecular formula is C8H13NO5S. The number of aliphatic carboxylic acids is 2. The summed E-state index contributed by atoms with van der Waals surface area (Å²) in [6, 6.07) is -1.35. The number of thioether (sulfide) groups is 1. The second-order valence-electron chi connectivity index (χ2n) is 2.80. The summed E-state index contributed by atoms with van der Waals surface area (Å²) in [7, 11) is 0. The highest BCUT2D eigenvalue weighted by atomic mass is 32.2. The van der Waals surface area contributed by atoms with Gasteiger partial charge >= 0.3 is 11.9 Å². The van der Waals surface area contributed by atoms with E-state index in [9.17, 15) is 14.4 Å². The second-order valence-corrected chi connectivity index (χ2v) is 3.78. The minimum Gasteiger partial charge on any atom is -0.481 e. The monoisotopic (exact) mass is 235 g/mol. The van der Waals surface area contributed by atoms with Crippen molar-refractivity contribution < 1.29 is 24.6 Å². The van der Waals surface area contributed by atoms with Crippen LogP contribution in [0.15, 0.2) is 0 Å². The number of hydrogen-bond donors (Lipinski definition) is 3. The lowest BCUT2D eigenvalue weighted by molar-refractivity contribution is -0.147. The Hall–Kier alpha value is -1.24. The second kappa shape index (κ2) is 7.10. The molecule has 0 fully saturated rings. The zero-order valence-electron chi connectivity index (χ0n) is 8.23. The lowest BCUT2D eigenvalue weighted by Crippen LogP contribution is -2.42. The third-order valence-corrected chi connectivity index (χ3v) is 2.16. The van der Waals surface area contributed by atoms with Crippen LogP contribution >= 0.6 is 11.8 Å². The average molecular weight is 235 g/mol. The quantitative estimate of drug-likeness (QED) is 0.563. The molecule has 0 unspecified atom stereocenters. The Morgan fingerprint density at radius 3 is 2.33 bits per heavy atom. The number of amides is 1. The number of carboxylic acids is 2. The molecular weight excluding hydrogens is 222 g/mol. The zero-order valence-corrected chi connectivity index (χ0v) is 9.04. The standard InChI is InChI=1S/C8H13NO5S/c1-15-3-2-6(10)9-5(8(13)14)4-7(11)12/h5H,2-4H2,1H3,(H,9,10)(H,11,12)(H,13,14)/t5-/m1/s1. The Morgan fingerprint density at radius 1 is 1.33 bits per heavy atom.